The number of hydrogen-bond acceptors (Lipinski definition) is 3. The minimum atomic E-state index is 0.00214. The van der Waals surface area contributed by atoms with Gasteiger partial charge in [0.15, 0.2) is 0 Å². The lowest BCUT2D eigenvalue weighted by Crippen LogP contribution is -2.54. The second kappa shape index (κ2) is 6.53. The molecular formula is C19H19N3O. The lowest BCUT2D eigenvalue weighted by molar-refractivity contribution is 0.0674. The molecule has 0 aliphatic carbocycles. The fourth-order valence-electron chi connectivity index (χ4n) is 3.02. The van der Waals surface area contributed by atoms with Crippen molar-refractivity contribution in [3.63, 3.8) is 0 Å². The Labute approximate surface area is 136 Å². The molecule has 1 aliphatic rings. The van der Waals surface area contributed by atoms with Gasteiger partial charge in [0.25, 0.3) is 5.91 Å². The Morgan fingerprint density at radius 1 is 1.13 bits per heavy atom. The van der Waals surface area contributed by atoms with E-state index in [1.807, 2.05) is 23.1 Å². The molecule has 1 atom stereocenters. The van der Waals surface area contributed by atoms with Gasteiger partial charge in [0.1, 0.15) is 0 Å². The smallest absolute Gasteiger partial charge is 0.254 e. The van der Waals surface area contributed by atoms with Gasteiger partial charge < -0.3 is 9.80 Å². The van der Waals surface area contributed by atoms with Gasteiger partial charge in [-0.2, -0.15) is 5.26 Å². The summed E-state index contributed by atoms with van der Waals surface area (Å²) in [6, 6.07) is 19.4. The van der Waals surface area contributed by atoms with Crippen LogP contribution in [0.1, 0.15) is 22.8 Å². The molecule has 0 radical (unpaired) electrons. The molecule has 1 saturated heterocycles. The van der Waals surface area contributed by atoms with Crippen molar-refractivity contribution in [2.75, 3.05) is 24.5 Å². The van der Waals surface area contributed by atoms with Crippen LogP contribution < -0.4 is 4.90 Å². The highest BCUT2D eigenvalue weighted by atomic mass is 16.2. The van der Waals surface area contributed by atoms with Gasteiger partial charge in [-0.05, 0) is 37.3 Å². The maximum Gasteiger partial charge on any atom is 0.254 e. The van der Waals surface area contributed by atoms with Crippen molar-refractivity contribution in [3.8, 4) is 6.07 Å². The van der Waals surface area contributed by atoms with Crippen LogP contribution in [-0.4, -0.2) is 36.5 Å². The van der Waals surface area contributed by atoms with E-state index in [9.17, 15) is 4.79 Å². The molecule has 23 heavy (non-hydrogen) atoms. The zero-order valence-electron chi connectivity index (χ0n) is 13.1. The number of amides is 1. The zero-order valence-corrected chi connectivity index (χ0v) is 13.1. The Hall–Kier alpha value is -2.80. The SMILES string of the molecule is CC1CN(c2ccccc2)CCN1C(=O)c1cccc(C#N)c1. The highest BCUT2D eigenvalue weighted by molar-refractivity contribution is 5.95. The third-order valence-corrected chi connectivity index (χ3v) is 4.25. The standard InChI is InChI=1S/C19H19N3O/c1-15-14-21(18-8-3-2-4-9-18)10-11-22(15)19(23)17-7-5-6-16(12-17)13-20/h2-9,12,15H,10-11,14H2,1H3. The summed E-state index contributed by atoms with van der Waals surface area (Å²) in [7, 11) is 0. The highest BCUT2D eigenvalue weighted by Crippen LogP contribution is 2.20. The van der Waals surface area contributed by atoms with Gasteiger partial charge in [0, 0.05) is 36.9 Å². The third kappa shape index (κ3) is 3.19. The van der Waals surface area contributed by atoms with Gasteiger partial charge in [0.05, 0.1) is 11.6 Å². The quantitative estimate of drug-likeness (QED) is 0.857. The number of hydrogen-bond donors (Lipinski definition) is 0. The van der Waals surface area contributed by atoms with Crippen molar-refractivity contribution < 1.29 is 4.79 Å². The first kappa shape index (κ1) is 15.1. The van der Waals surface area contributed by atoms with Crippen molar-refractivity contribution in [2.24, 2.45) is 0 Å². The number of carbonyl (C=O) groups excluding carboxylic acids is 1. The van der Waals surface area contributed by atoms with Crippen molar-refractivity contribution in [2.45, 2.75) is 13.0 Å². The minimum absolute atomic E-state index is 0.00214. The minimum Gasteiger partial charge on any atom is -0.368 e. The first-order valence-electron chi connectivity index (χ1n) is 7.80. The zero-order chi connectivity index (χ0) is 16.2. The van der Waals surface area contributed by atoms with Crippen LogP contribution in [0.25, 0.3) is 0 Å². The van der Waals surface area contributed by atoms with E-state index in [0.29, 0.717) is 17.7 Å². The molecule has 116 valence electrons. The predicted molar refractivity (Wildman–Crippen MR) is 90.3 cm³/mol. The van der Waals surface area contributed by atoms with E-state index < -0.39 is 0 Å². The van der Waals surface area contributed by atoms with E-state index in [-0.39, 0.29) is 11.9 Å². The average Bonchev–Trinajstić information content (AvgIpc) is 2.62. The fraction of sp³-hybridized carbons (Fsp3) is 0.263. The summed E-state index contributed by atoms with van der Waals surface area (Å²) in [5.41, 5.74) is 2.30. The van der Waals surface area contributed by atoms with Crippen molar-refractivity contribution >= 4 is 11.6 Å². The maximum absolute atomic E-state index is 12.7. The lowest BCUT2D eigenvalue weighted by Gasteiger charge is -2.41. The van der Waals surface area contributed by atoms with Gasteiger partial charge in [0.2, 0.25) is 0 Å². The van der Waals surface area contributed by atoms with Crippen LogP contribution in [0, 0.1) is 11.3 Å². The first-order chi connectivity index (χ1) is 11.2. The van der Waals surface area contributed by atoms with Crippen LogP contribution in [0.5, 0.6) is 0 Å². The average molecular weight is 305 g/mol. The number of piperazine rings is 1. The van der Waals surface area contributed by atoms with E-state index in [1.165, 1.54) is 5.69 Å². The fourth-order valence-corrected chi connectivity index (χ4v) is 3.02. The Bertz CT molecular complexity index is 736. The Kier molecular flexibility index (Phi) is 4.29. The number of anilines is 1. The van der Waals surface area contributed by atoms with E-state index in [4.69, 9.17) is 5.26 Å². The Morgan fingerprint density at radius 3 is 2.61 bits per heavy atom. The molecule has 2 aromatic carbocycles. The van der Waals surface area contributed by atoms with E-state index in [2.05, 4.69) is 30.0 Å². The molecule has 4 heteroatoms. The molecule has 1 aliphatic heterocycles. The van der Waals surface area contributed by atoms with Crippen LogP contribution in [0.15, 0.2) is 54.6 Å². The first-order valence-corrected chi connectivity index (χ1v) is 7.80. The topological polar surface area (TPSA) is 47.3 Å². The van der Waals surface area contributed by atoms with Gasteiger partial charge in [-0.15, -0.1) is 0 Å². The molecule has 0 aromatic heterocycles. The molecule has 3 rings (SSSR count). The third-order valence-electron chi connectivity index (χ3n) is 4.25. The second-order valence-corrected chi connectivity index (χ2v) is 5.82. The van der Waals surface area contributed by atoms with Crippen molar-refractivity contribution in [1.29, 1.82) is 5.26 Å². The Morgan fingerprint density at radius 2 is 1.91 bits per heavy atom. The number of para-hydroxylation sites is 1. The lowest BCUT2D eigenvalue weighted by atomic mass is 10.1. The summed E-state index contributed by atoms with van der Waals surface area (Å²) < 4.78 is 0. The molecular weight excluding hydrogens is 286 g/mol. The summed E-state index contributed by atoms with van der Waals surface area (Å²) in [6.07, 6.45) is 0. The highest BCUT2D eigenvalue weighted by Gasteiger charge is 2.28. The van der Waals surface area contributed by atoms with E-state index >= 15 is 0 Å². The predicted octanol–water partition coefficient (Wildman–Crippen LogP) is 2.91. The van der Waals surface area contributed by atoms with Crippen LogP contribution in [-0.2, 0) is 0 Å². The molecule has 1 unspecified atom stereocenters. The summed E-state index contributed by atoms with van der Waals surface area (Å²) in [5.74, 6) is 0.00214. The van der Waals surface area contributed by atoms with Crippen molar-refractivity contribution in [1.82, 2.24) is 4.90 Å². The molecule has 1 heterocycles. The van der Waals surface area contributed by atoms with Gasteiger partial charge >= 0.3 is 0 Å². The molecule has 0 bridgehead atoms. The largest absolute Gasteiger partial charge is 0.368 e. The summed E-state index contributed by atoms with van der Waals surface area (Å²) >= 11 is 0. The molecule has 2 aromatic rings. The van der Waals surface area contributed by atoms with Gasteiger partial charge in [-0.25, -0.2) is 0 Å². The molecule has 4 nitrogen and oxygen atoms in total. The number of carbonyl (C=O) groups is 1. The number of nitriles is 1. The van der Waals surface area contributed by atoms with Crippen LogP contribution >= 0.6 is 0 Å². The molecule has 1 amide bonds. The normalized spacial score (nSPS) is 17.7. The van der Waals surface area contributed by atoms with Crippen LogP contribution in [0.4, 0.5) is 5.69 Å². The van der Waals surface area contributed by atoms with Crippen LogP contribution in [0.2, 0.25) is 0 Å². The number of rotatable bonds is 2. The van der Waals surface area contributed by atoms with E-state index in [1.54, 1.807) is 24.3 Å². The summed E-state index contributed by atoms with van der Waals surface area (Å²) in [4.78, 5) is 16.9. The molecule has 0 saturated carbocycles. The maximum atomic E-state index is 12.7. The van der Waals surface area contributed by atoms with Gasteiger partial charge in [-0.3, -0.25) is 4.79 Å². The van der Waals surface area contributed by atoms with Crippen LogP contribution in [0.3, 0.4) is 0 Å². The van der Waals surface area contributed by atoms with Gasteiger partial charge in [-0.1, -0.05) is 24.3 Å². The van der Waals surface area contributed by atoms with E-state index in [0.717, 1.165) is 13.1 Å². The van der Waals surface area contributed by atoms with Crippen molar-refractivity contribution in [3.05, 3.63) is 65.7 Å². The monoisotopic (exact) mass is 305 g/mol. The number of nitrogens with zero attached hydrogens (tertiary/aromatic N) is 3. The second-order valence-electron chi connectivity index (χ2n) is 5.82. The molecule has 0 N–H and O–H groups in total. The molecule has 0 spiro atoms. The Balaban J connectivity index is 1.73. The number of benzene rings is 2. The summed E-state index contributed by atoms with van der Waals surface area (Å²) in [5, 5.41) is 8.99. The summed E-state index contributed by atoms with van der Waals surface area (Å²) in [6.45, 7) is 4.39. The molecule has 1 fully saturated rings.